The number of rotatable bonds is 2. The number of nitrogens with zero attached hydrogens (tertiary/aromatic N) is 1. The van der Waals surface area contributed by atoms with E-state index in [-0.39, 0.29) is 0 Å². The number of aromatic amines is 1. The van der Waals surface area contributed by atoms with Gasteiger partial charge in [-0.25, -0.2) is 0 Å². The molecule has 78 valence electrons. The molecule has 1 aromatic heterocycles. The number of nitrogens with one attached hydrogen (secondary N) is 1. The maximum Gasteiger partial charge on any atom is 0.148 e. The van der Waals surface area contributed by atoms with Crippen LogP contribution in [-0.2, 0) is 0 Å². The number of hydrogen-bond donors (Lipinski definition) is 2. The van der Waals surface area contributed by atoms with Gasteiger partial charge in [0.25, 0.3) is 0 Å². The van der Waals surface area contributed by atoms with Crippen molar-refractivity contribution in [2.24, 2.45) is 0 Å². The van der Waals surface area contributed by atoms with E-state index in [1.165, 1.54) is 36.9 Å². The van der Waals surface area contributed by atoms with E-state index in [1.54, 1.807) is 0 Å². The van der Waals surface area contributed by atoms with Crippen molar-refractivity contribution in [3.63, 3.8) is 0 Å². The molecule has 3 heteroatoms. The molecule has 1 fully saturated rings. The summed E-state index contributed by atoms with van der Waals surface area (Å²) in [5, 5.41) is 7.26. The zero-order chi connectivity index (χ0) is 10.1. The molecule has 0 spiro atoms. The summed E-state index contributed by atoms with van der Waals surface area (Å²) in [5.41, 5.74) is 8.42. The first kappa shape index (κ1) is 9.56. The predicted octanol–water partition coefficient (Wildman–Crippen LogP) is 2.77. The van der Waals surface area contributed by atoms with Crippen molar-refractivity contribution in [1.82, 2.24) is 10.2 Å². The van der Waals surface area contributed by atoms with E-state index in [2.05, 4.69) is 24.0 Å². The van der Waals surface area contributed by atoms with E-state index in [9.17, 15) is 0 Å². The van der Waals surface area contributed by atoms with Gasteiger partial charge >= 0.3 is 0 Å². The number of aromatic nitrogens is 2. The Bertz CT molecular complexity index is 308. The second-order valence-corrected chi connectivity index (χ2v) is 4.57. The van der Waals surface area contributed by atoms with Gasteiger partial charge in [-0.15, -0.1) is 0 Å². The van der Waals surface area contributed by atoms with E-state index in [4.69, 9.17) is 5.73 Å². The minimum Gasteiger partial charge on any atom is -0.382 e. The van der Waals surface area contributed by atoms with Crippen LogP contribution in [0.4, 0.5) is 5.82 Å². The molecule has 0 atom stereocenters. The minimum atomic E-state index is 0.476. The molecule has 2 rings (SSSR count). The Kier molecular flexibility index (Phi) is 2.48. The maximum atomic E-state index is 5.87. The first-order valence-corrected chi connectivity index (χ1v) is 5.53. The van der Waals surface area contributed by atoms with Crippen molar-refractivity contribution in [3.05, 3.63) is 11.3 Å². The fourth-order valence-electron chi connectivity index (χ4n) is 2.51. The van der Waals surface area contributed by atoms with Gasteiger partial charge in [0, 0.05) is 17.2 Å². The third-order valence-corrected chi connectivity index (χ3v) is 3.20. The second kappa shape index (κ2) is 3.64. The van der Waals surface area contributed by atoms with Crippen molar-refractivity contribution in [2.45, 2.75) is 51.4 Å². The van der Waals surface area contributed by atoms with Crippen LogP contribution in [0.15, 0.2) is 0 Å². The highest BCUT2D eigenvalue weighted by Gasteiger charge is 2.24. The molecule has 1 aromatic rings. The first-order valence-electron chi connectivity index (χ1n) is 5.53. The molecule has 1 saturated carbocycles. The molecular formula is C11H19N3. The van der Waals surface area contributed by atoms with Crippen molar-refractivity contribution in [2.75, 3.05) is 5.73 Å². The molecule has 3 nitrogen and oxygen atoms in total. The molecule has 0 saturated heterocycles. The molecule has 1 aliphatic rings. The lowest BCUT2D eigenvalue weighted by Crippen LogP contribution is -2.01. The Balaban J connectivity index is 2.32. The lowest BCUT2D eigenvalue weighted by molar-refractivity contribution is 0.675. The lowest BCUT2D eigenvalue weighted by Gasteiger charge is -2.12. The topological polar surface area (TPSA) is 54.7 Å². The highest BCUT2D eigenvalue weighted by Crippen LogP contribution is 2.38. The third-order valence-electron chi connectivity index (χ3n) is 3.20. The van der Waals surface area contributed by atoms with Gasteiger partial charge in [0.15, 0.2) is 0 Å². The maximum absolute atomic E-state index is 5.87. The van der Waals surface area contributed by atoms with Gasteiger partial charge in [-0.1, -0.05) is 26.7 Å². The fourth-order valence-corrected chi connectivity index (χ4v) is 2.51. The van der Waals surface area contributed by atoms with E-state index in [0.717, 1.165) is 0 Å². The summed E-state index contributed by atoms with van der Waals surface area (Å²) >= 11 is 0. The van der Waals surface area contributed by atoms with Gasteiger partial charge in [-0.05, 0) is 18.8 Å². The van der Waals surface area contributed by atoms with E-state index in [1.807, 2.05) is 0 Å². The molecule has 0 aromatic carbocycles. The average Bonchev–Trinajstić information content (AvgIpc) is 2.70. The number of hydrogen-bond acceptors (Lipinski definition) is 2. The summed E-state index contributed by atoms with van der Waals surface area (Å²) in [6, 6.07) is 0. The largest absolute Gasteiger partial charge is 0.382 e. The fraction of sp³-hybridized carbons (Fsp3) is 0.727. The summed E-state index contributed by atoms with van der Waals surface area (Å²) in [7, 11) is 0. The summed E-state index contributed by atoms with van der Waals surface area (Å²) in [5.74, 6) is 1.85. The molecule has 3 N–H and O–H groups in total. The van der Waals surface area contributed by atoms with Gasteiger partial charge in [-0.2, -0.15) is 5.10 Å². The lowest BCUT2D eigenvalue weighted by atomic mass is 9.94. The minimum absolute atomic E-state index is 0.476. The van der Waals surface area contributed by atoms with Crippen LogP contribution in [0.3, 0.4) is 0 Å². The smallest absolute Gasteiger partial charge is 0.148 e. The van der Waals surface area contributed by atoms with Gasteiger partial charge in [0.2, 0.25) is 0 Å². The van der Waals surface area contributed by atoms with Gasteiger partial charge in [0.05, 0.1) is 0 Å². The quantitative estimate of drug-likeness (QED) is 0.758. The molecule has 14 heavy (non-hydrogen) atoms. The highest BCUT2D eigenvalue weighted by molar-refractivity contribution is 5.45. The van der Waals surface area contributed by atoms with E-state index < -0.39 is 0 Å². The van der Waals surface area contributed by atoms with Crippen LogP contribution < -0.4 is 5.73 Å². The van der Waals surface area contributed by atoms with Crippen LogP contribution in [-0.4, -0.2) is 10.2 Å². The third kappa shape index (κ3) is 1.51. The van der Waals surface area contributed by atoms with Crippen molar-refractivity contribution < 1.29 is 0 Å². The Morgan fingerprint density at radius 3 is 2.57 bits per heavy atom. The zero-order valence-electron chi connectivity index (χ0n) is 9.01. The van der Waals surface area contributed by atoms with Crippen molar-refractivity contribution in [1.29, 1.82) is 0 Å². The van der Waals surface area contributed by atoms with Crippen LogP contribution in [0, 0.1) is 0 Å². The summed E-state index contributed by atoms with van der Waals surface area (Å²) in [6.07, 6.45) is 5.28. The molecule has 0 bridgehead atoms. The Morgan fingerprint density at radius 1 is 1.36 bits per heavy atom. The molecule has 1 heterocycles. The average molecular weight is 193 g/mol. The van der Waals surface area contributed by atoms with Crippen LogP contribution in [0.5, 0.6) is 0 Å². The molecule has 1 aliphatic carbocycles. The monoisotopic (exact) mass is 193 g/mol. The molecular weight excluding hydrogens is 174 g/mol. The van der Waals surface area contributed by atoms with Crippen LogP contribution in [0.2, 0.25) is 0 Å². The normalized spacial score (nSPS) is 18.2. The summed E-state index contributed by atoms with van der Waals surface area (Å²) in [6.45, 7) is 4.36. The molecule has 0 radical (unpaired) electrons. The predicted molar refractivity (Wildman–Crippen MR) is 58.3 cm³/mol. The highest BCUT2D eigenvalue weighted by atomic mass is 15.2. The molecule has 0 unspecified atom stereocenters. The Hall–Kier alpha value is -0.990. The van der Waals surface area contributed by atoms with Crippen LogP contribution >= 0.6 is 0 Å². The van der Waals surface area contributed by atoms with Gasteiger partial charge in [-0.3, -0.25) is 5.10 Å². The zero-order valence-corrected chi connectivity index (χ0v) is 9.01. The summed E-state index contributed by atoms with van der Waals surface area (Å²) < 4.78 is 0. The van der Waals surface area contributed by atoms with E-state index in [0.29, 0.717) is 17.7 Å². The summed E-state index contributed by atoms with van der Waals surface area (Å²) in [4.78, 5) is 0. The standard InChI is InChI=1S/C11H19N3/c1-7(2)9-10(13-14-11(9)12)8-5-3-4-6-8/h7-8H,3-6H2,1-2H3,(H3,12,13,14). The van der Waals surface area contributed by atoms with Crippen LogP contribution in [0.25, 0.3) is 0 Å². The molecule has 0 amide bonds. The van der Waals surface area contributed by atoms with Gasteiger partial charge in [0.1, 0.15) is 5.82 Å². The Labute approximate surface area is 85.1 Å². The number of nitrogen functional groups attached to an aromatic ring is 1. The second-order valence-electron chi connectivity index (χ2n) is 4.57. The Morgan fingerprint density at radius 2 is 2.00 bits per heavy atom. The number of H-pyrrole nitrogens is 1. The SMILES string of the molecule is CC(C)c1c(N)n[nH]c1C1CCCC1. The van der Waals surface area contributed by atoms with Crippen molar-refractivity contribution in [3.8, 4) is 0 Å². The van der Waals surface area contributed by atoms with E-state index >= 15 is 0 Å². The first-order chi connectivity index (χ1) is 6.70. The number of nitrogens with two attached hydrogens (primary N) is 1. The molecule has 0 aliphatic heterocycles. The van der Waals surface area contributed by atoms with Crippen LogP contribution in [0.1, 0.15) is 62.6 Å². The van der Waals surface area contributed by atoms with Crippen molar-refractivity contribution >= 4 is 5.82 Å². The van der Waals surface area contributed by atoms with Gasteiger partial charge < -0.3 is 5.73 Å². The number of anilines is 1.